The first-order valence-electron chi connectivity index (χ1n) is 12.4. The maximum absolute atomic E-state index is 12.5. The standard InChI is InChI=1S/C27H42N2O5/c1-5-18-28(2)19-8-6-7-9-20-33-25-16-14-24(15-17-25)29(3)27(31)34-21-22-10-12-23(13-11-22)26(30)32-4/h5,10-13,24-25H,1,6-9,14-21H2,2-4H3. The molecule has 0 radical (unpaired) electrons. The number of nitrogens with zero attached hydrogens (tertiary/aromatic N) is 2. The number of hydrogen-bond donors (Lipinski definition) is 0. The van der Waals surface area contributed by atoms with Crippen molar-refractivity contribution in [3.05, 3.63) is 48.0 Å². The summed E-state index contributed by atoms with van der Waals surface area (Å²) in [4.78, 5) is 28.0. The van der Waals surface area contributed by atoms with Gasteiger partial charge in [-0.2, -0.15) is 0 Å². The Hall–Kier alpha value is -2.38. The number of methoxy groups -OCH3 is 1. The quantitative estimate of drug-likeness (QED) is 0.214. The van der Waals surface area contributed by atoms with Gasteiger partial charge in [0.25, 0.3) is 0 Å². The maximum atomic E-state index is 12.5. The van der Waals surface area contributed by atoms with E-state index >= 15 is 0 Å². The van der Waals surface area contributed by atoms with E-state index in [1.807, 2.05) is 6.08 Å². The molecule has 0 aromatic heterocycles. The van der Waals surface area contributed by atoms with Crippen LogP contribution in [0.4, 0.5) is 4.79 Å². The van der Waals surface area contributed by atoms with Crippen molar-refractivity contribution in [2.45, 2.75) is 70.1 Å². The summed E-state index contributed by atoms with van der Waals surface area (Å²) in [6, 6.07) is 7.06. The molecule has 1 aliphatic rings. The Bertz CT molecular complexity index is 744. The second-order valence-electron chi connectivity index (χ2n) is 9.12. The van der Waals surface area contributed by atoms with Crippen LogP contribution in [-0.4, -0.2) is 74.9 Å². The number of rotatable bonds is 14. The SMILES string of the molecule is C=CCN(C)CCCCCCOC1CCC(N(C)C(=O)OCc2ccc(C(=O)OC)cc2)CC1. The first kappa shape index (κ1) is 27.9. The summed E-state index contributed by atoms with van der Waals surface area (Å²) < 4.78 is 16.2. The van der Waals surface area contributed by atoms with Crippen molar-refractivity contribution in [1.82, 2.24) is 9.80 Å². The first-order chi connectivity index (χ1) is 16.4. The van der Waals surface area contributed by atoms with Crippen LogP contribution in [0.1, 0.15) is 67.3 Å². The van der Waals surface area contributed by atoms with Crippen LogP contribution in [0.5, 0.6) is 0 Å². The van der Waals surface area contributed by atoms with Crippen molar-refractivity contribution in [3.63, 3.8) is 0 Å². The molecule has 34 heavy (non-hydrogen) atoms. The third-order valence-corrected chi connectivity index (χ3v) is 6.45. The van der Waals surface area contributed by atoms with Gasteiger partial charge in [0, 0.05) is 26.2 Å². The number of amides is 1. The summed E-state index contributed by atoms with van der Waals surface area (Å²) in [7, 11) is 5.28. The predicted octanol–water partition coefficient (Wildman–Crippen LogP) is 5.05. The summed E-state index contributed by atoms with van der Waals surface area (Å²) in [6.45, 7) is 6.84. The normalized spacial score (nSPS) is 17.9. The molecule has 1 fully saturated rings. The van der Waals surface area contributed by atoms with Crippen molar-refractivity contribution in [2.24, 2.45) is 0 Å². The Kier molecular flexibility index (Phi) is 12.7. The predicted molar refractivity (Wildman–Crippen MR) is 134 cm³/mol. The minimum Gasteiger partial charge on any atom is -0.465 e. The van der Waals surface area contributed by atoms with Gasteiger partial charge in [0.05, 0.1) is 18.8 Å². The Morgan fingerprint density at radius 2 is 1.71 bits per heavy atom. The molecule has 7 nitrogen and oxygen atoms in total. The minimum atomic E-state index is -0.384. The topological polar surface area (TPSA) is 68.3 Å². The third-order valence-electron chi connectivity index (χ3n) is 6.45. The molecular formula is C27H42N2O5. The molecule has 0 saturated heterocycles. The monoisotopic (exact) mass is 474 g/mol. The largest absolute Gasteiger partial charge is 0.465 e. The number of hydrogen-bond acceptors (Lipinski definition) is 6. The van der Waals surface area contributed by atoms with Gasteiger partial charge in [-0.15, -0.1) is 6.58 Å². The molecule has 2 rings (SSSR count). The van der Waals surface area contributed by atoms with Gasteiger partial charge >= 0.3 is 12.1 Å². The molecule has 0 N–H and O–H groups in total. The molecular weight excluding hydrogens is 432 g/mol. The van der Waals surface area contributed by atoms with E-state index in [0.29, 0.717) is 11.7 Å². The number of carbonyl (C=O) groups excluding carboxylic acids is 2. The Morgan fingerprint density at radius 1 is 1.03 bits per heavy atom. The van der Waals surface area contributed by atoms with Crippen LogP contribution in [0.25, 0.3) is 0 Å². The lowest BCUT2D eigenvalue weighted by Gasteiger charge is -2.34. The third kappa shape index (κ3) is 9.85. The number of likely N-dealkylation sites (N-methyl/N-ethyl adjacent to an activating group) is 1. The summed E-state index contributed by atoms with van der Waals surface area (Å²) >= 11 is 0. The zero-order valence-corrected chi connectivity index (χ0v) is 21.2. The highest BCUT2D eigenvalue weighted by molar-refractivity contribution is 5.89. The molecule has 7 heteroatoms. The highest BCUT2D eigenvalue weighted by Crippen LogP contribution is 2.25. The lowest BCUT2D eigenvalue weighted by atomic mass is 9.92. The second-order valence-corrected chi connectivity index (χ2v) is 9.12. The first-order valence-corrected chi connectivity index (χ1v) is 12.4. The lowest BCUT2D eigenvalue weighted by molar-refractivity contribution is 0.00693. The van der Waals surface area contributed by atoms with Crippen LogP contribution in [0.3, 0.4) is 0 Å². The molecule has 0 heterocycles. The van der Waals surface area contributed by atoms with E-state index in [0.717, 1.165) is 57.4 Å². The summed E-state index contributed by atoms with van der Waals surface area (Å²) in [5.74, 6) is -0.384. The van der Waals surface area contributed by atoms with Gasteiger partial charge in [0.1, 0.15) is 6.61 Å². The van der Waals surface area contributed by atoms with Crippen LogP contribution in [0.2, 0.25) is 0 Å². The fourth-order valence-corrected chi connectivity index (χ4v) is 4.25. The van der Waals surface area contributed by atoms with E-state index in [1.54, 1.807) is 36.2 Å². The highest BCUT2D eigenvalue weighted by atomic mass is 16.6. The van der Waals surface area contributed by atoms with Gasteiger partial charge in [-0.25, -0.2) is 9.59 Å². The smallest absolute Gasteiger partial charge is 0.410 e. The minimum absolute atomic E-state index is 0.174. The Labute approximate surface area is 205 Å². The summed E-state index contributed by atoms with van der Waals surface area (Å²) in [6.07, 6.45) is 10.5. The molecule has 1 aliphatic carbocycles. The molecule has 0 unspecified atom stereocenters. The average molecular weight is 475 g/mol. The van der Waals surface area contributed by atoms with E-state index in [-0.39, 0.29) is 24.7 Å². The highest BCUT2D eigenvalue weighted by Gasteiger charge is 2.27. The molecule has 1 aromatic carbocycles. The van der Waals surface area contributed by atoms with E-state index in [1.165, 1.54) is 26.4 Å². The molecule has 1 amide bonds. The van der Waals surface area contributed by atoms with Crippen molar-refractivity contribution in [1.29, 1.82) is 0 Å². The Morgan fingerprint density at radius 3 is 2.35 bits per heavy atom. The zero-order chi connectivity index (χ0) is 24.8. The van der Waals surface area contributed by atoms with Gasteiger partial charge in [-0.05, 0) is 69.8 Å². The second kappa shape index (κ2) is 15.5. The van der Waals surface area contributed by atoms with Crippen LogP contribution in [0.15, 0.2) is 36.9 Å². The van der Waals surface area contributed by atoms with Gasteiger partial charge < -0.3 is 24.0 Å². The fraction of sp³-hybridized carbons (Fsp3) is 0.630. The van der Waals surface area contributed by atoms with Gasteiger partial charge in [0.15, 0.2) is 0 Å². The van der Waals surface area contributed by atoms with Gasteiger partial charge in [-0.3, -0.25) is 0 Å². The number of unbranched alkanes of at least 4 members (excludes halogenated alkanes) is 3. The summed E-state index contributed by atoms with van der Waals surface area (Å²) in [5, 5.41) is 0. The van der Waals surface area contributed by atoms with Crippen molar-refractivity contribution in [3.8, 4) is 0 Å². The van der Waals surface area contributed by atoms with Crippen LogP contribution < -0.4 is 0 Å². The number of carbonyl (C=O) groups is 2. The zero-order valence-electron chi connectivity index (χ0n) is 21.2. The molecule has 1 aromatic rings. The number of benzene rings is 1. The Balaban J connectivity index is 1.57. The maximum Gasteiger partial charge on any atom is 0.410 e. The van der Waals surface area contributed by atoms with Crippen LogP contribution in [0, 0.1) is 0 Å². The number of esters is 1. The van der Waals surface area contributed by atoms with Crippen LogP contribution in [-0.2, 0) is 20.8 Å². The van der Waals surface area contributed by atoms with Crippen molar-refractivity contribution >= 4 is 12.1 Å². The van der Waals surface area contributed by atoms with Crippen molar-refractivity contribution in [2.75, 3.05) is 40.9 Å². The molecule has 1 saturated carbocycles. The number of ether oxygens (including phenoxy) is 3. The molecule has 0 atom stereocenters. The average Bonchev–Trinajstić information content (AvgIpc) is 2.86. The van der Waals surface area contributed by atoms with E-state index < -0.39 is 0 Å². The molecule has 0 spiro atoms. The van der Waals surface area contributed by atoms with E-state index in [2.05, 4.69) is 18.5 Å². The van der Waals surface area contributed by atoms with Crippen molar-refractivity contribution < 1.29 is 23.8 Å². The van der Waals surface area contributed by atoms with Crippen LogP contribution >= 0.6 is 0 Å². The lowest BCUT2D eigenvalue weighted by Crippen LogP contribution is -2.41. The fourth-order valence-electron chi connectivity index (χ4n) is 4.25. The van der Waals surface area contributed by atoms with Gasteiger partial charge in [0.2, 0.25) is 0 Å². The van der Waals surface area contributed by atoms with E-state index in [4.69, 9.17) is 14.2 Å². The van der Waals surface area contributed by atoms with Gasteiger partial charge in [-0.1, -0.05) is 31.1 Å². The van der Waals surface area contributed by atoms with E-state index in [9.17, 15) is 9.59 Å². The molecule has 190 valence electrons. The summed E-state index contributed by atoms with van der Waals surface area (Å²) in [5.41, 5.74) is 1.30. The molecule has 0 aliphatic heterocycles. The molecule has 0 bridgehead atoms.